The zero-order valence-corrected chi connectivity index (χ0v) is 31.8. The maximum Gasteiger partial charge on any atom is 0.260 e. The van der Waals surface area contributed by atoms with Crippen molar-refractivity contribution in [3.63, 3.8) is 0 Å². The number of sulfonamides is 2. The van der Waals surface area contributed by atoms with Crippen molar-refractivity contribution in [3.05, 3.63) is 76.9 Å². The third kappa shape index (κ3) is 5.15. The van der Waals surface area contributed by atoms with Gasteiger partial charge in [0, 0.05) is 22.8 Å². The minimum atomic E-state index is -3.68. The molecule has 53 heavy (non-hydrogen) atoms. The van der Waals surface area contributed by atoms with Crippen LogP contribution in [0.3, 0.4) is 0 Å². The molecule has 5 saturated carbocycles. The van der Waals surface area contributed by atoms with Gasteiger partial charge in [0.1, 0.15) is 0 Å². The maximum absolute atomic E-state index is 13.5. The number of nitrogens with zero attached hydrogens (tertiary/aromatic N) is 2. The van der Waals surface area contributed by atoms with Crippen molar-refractivity contribution in [2.24, 2.45) is 39.4 Å². The zero-order chi connectivity index (χ0) is 38.3. The monoisotopic (exact) mass is 776 g/mol. The Morgan fingerprint density at radius 1 is 0.698 bits per heavy atom. The van der Waals surface area contributed by atoms with Crippen LogP contribution in [0, 0.1) is 62.7 Å². The van der Waals surface area contributed by atoms with Gasteiger partial charge in [0.2, 0.25) is 26.0 Å². The lowest BCUT2D eigenvalue weighted by atomic mass is 9.69. The molecule has 14 heteroatoms. The lowest BCUT2D eigenvalue weighted by Crippen LogP contribution is -2.44. The van der Waals surface area contributed by atoms with Crippen molar-refractivity contribution in [1.29, 1.82) is 0 Å². The summed E-state index contributed by atoms with van der Waals surface area (Å²) in [4.78, 5) is 25.9. The van der Waals surface area contributed by atoms with E-state index in [9.17, 15) is 44.0 Å². The van der Waals surface area contributed by atoms with Gasteiger partial charge < -0.3 is 0 Å². The van der Waals surface area contributed by atoms with Crippen molar-refractivity contribution in [1.82, 2.24) is 8.61 Å². The smallest absolute Gasteiger partial charge is 0.260 e. The Bertz CT molecular complexity index is 2190. The average molecular weight is 777 g/mol. The third-order valence-electron chi connectivity index (χ3n) is 15.1. The van der Waals surface area contributed by atoms with Crippen LogP contribution in [0.4, 0.5) is 17.6 Å². The molecule has 0 radical (unpaired) electrons. The first-order valence-corrected chi connectivity index (χ1v) is 21.6. The summed E-state index contributed by atoms with van der Waals surface area (Å²) in [5.74, 6) is -4.54. The van der Waals surface area contributed by atoms with E-state index in [1.807, 2.05) is 0 Å². The Hall–Kier alpha value is -3.26. The van der Waals surface area contributed by atoms with Gasteiger partial charge in [-0.3, -0.25) is 9.59 Å². The molecule has 8 atom stereocenters. The van der Waals surface area contributed by atoms with E-state index in [2.05, 4.69) is 27.7 Å². The molecule has 2 aliphatic heterocycles. The van der Waals surface area contributed by atoms with Crippen molar-refractivity contribution in [3.8, 4) is 0 Å². The number of fused-ring (bicyclic) bond motifs is 2. The highest BCUT2D eigenvalue weighted by atomic mass is 32.2. The molecule has 4 bridgehead atoms. The predicted octanol–water partition coefficient (Wildman–Crippen LogP) is 6.78. The molecule has 2 unspecified atom stereocenters. The molecule has 8 nitrogen and oxygen atoms in total. The standard InChI is InChI=1S/C20H23F2NO3S.C19H21F2NO3S/c1-19(2)12-5-6-20(19)10-27(25,26)23(17(20)8-12)18(24)14-9-13(14)11-3-4-15(21)16(22)7-11;1-18(2)13-7-8-19(18)11-26(24,25)22(16(19)10-13)17(23)6-4-12-3-5-14(20)15(21)9-12/h3-4,7,12-14,17H,5-6,8-10H2,1-2H3;3-6,9,13,16H,7-8,10-11H2,1-2H3/b;6-4+/t12?,13-,14+,17+,20+;13?,16-,19-/m01/s1. The van der Waals surface area contributed by atoms with Crippen molar-refractivity contribution in [2.45, 2.75) is 90.6 Å². The molecule has 7 fully saturated rings. The average Bonchev–Trinajstić information content (AvgIpc) is 3.48. The summed E-state index contributed by atoms with van der Waals surface area (Å²) in [6, 6.07) is 6.40. The van der Waals surface area contributed by atoms with E-state index in [0.717, 1.165) is 66.8 Å². The number of hydrogen-bond donors (Lipinski definition) is 0. The highest BCUT2D eigenvalue weighted by Gasteiger charge is 2.74. The molecule has 2 spiro atoms. The summed E-state index contributed by atoms with van der Waals surface area (Å²) < 4.78 is 107. The summed E-state index contributed by atoms with van der Waals surface area (Å²) in [6.45, 7) is 8.53. The summed E-state index contributed by atoms with van der Waals surface area (Å²) in [5, 5.41) is 0. The van der Waals surface area contributed by atoms with Crippen molar-refractivity contribution >= 4 is 37.9 Å². The van der Waals surface area contributed by atoms with E-state index in [-0.39, 0.29) is 57.1 Å². The first-order valence-electron chi connectivity index (χ1n) is 18.4. The van der Waals surface area contributed by atoms with Crippen LogP contribution in [0.15, 0.2) is 42.5 Å². The Morgan fingerprint density at radius 3 is 1.74 bits per heavy atom. The summed E-state index contributed by atoms with van der Waals surface area (Å²) >= 11 is 0. The molecule has 7 aliphatic rings. The highest BCUT2D eigenvalue weighted by Crippen LogP contribution is 2.71. The maximum atomic E-state index is 13.5. The number of rotatable bonds is 4. The number of hydrogen-bond acceptors (Lipinski definition) is 6. The number of halogens is 4. The van der Waals surface area contributed by atoms with Gasteiger partial charge in [-0.1, -0.05) is 39.8 Å². The fourth-order valence-electron chi connectivity index (χ4n) is 11.8. The third-order valence-corrected chi connectivity index (χ3v) is 18.9. The van der Waals surface area contributed by atoms with Gasteiger partial charge in [0.15, 0.2) is 23.3 Å². The summed E-state index contributed by atoms with van der Waals surface area (Å²) in [7, 11) is -7.32. The van der Waals surface area contributed by atoms with Crippen LogP contribution in [0.1, 0.15) is 89.7 Å². The molecule has 2 heterocycles. The van der Waals surface area contributed by atoms with Crippen LogP contribution < -0.4 is 0 Å². The van der Waals surface area contributed by atoms with Crippen LogP contribution in [-0.4, -0.2) is 60.8 Å². The molecule has 2 aromatic carbocycles. The largest absolute Gasteiger partial charge is 0.273 e. The van der Waals surface area contributed by atoms with Gasteiger partial charge in [0.25, 0.3) is 5.91 Å². The minimum Gasteiger partial charge on any atom is -0.273 e. The second-order valence-corrected chi connectivity index (χ2v) is 21.3. The van der Waals surface area contributed by atoms with Crippen molar-refractivity contribution in [2.75, 3.05) is 11.5 Å². The second-order valence-electron chi connectivity index (χ2n) is 17.6. The van der Waals surface area contributed by atoms with E-state index in [0.29, 0.717) is 35.8 Å². The van der Waals surface area contributed by atoms with Crippen LogP contribution in [0.2, 0.25) is 0 Å². The molecular formula is C39H44F4N2O6S2. The summed E-state index contributed by atoms with van der Waals surface area (Å²) in [5.41, 5.74) is -0.0314. The van der Waals surface area contributed by atoms with Crippen LogP contribution in [0.5, 0.6) is 0 Å². The molecular weight excluding hydrogens is 733 g/mol. The van der Waals surface area contributed by atoms with Gasteiger partial charge in [-0.15, -0.1) is 0 Å². The normalized spacial score (nSPS) is 37.1. The molecule has 0 N–H and O–H groups in total. The van der Waals surface area contributed by atoms with E-state index >= 15 is 0 Å². The number of benzene rings is 2. The van der Waals surface area contributed by atoms with Crippen LogP contribution >= 0.6 is 0 Å². The van der Waals surface area contributed by atoms with E-state index in [1.54, 1.807) is 0 Å². The molecule has 9 rings (SSSR count). The van der Waals surface area contributed by atoms with E-state index in [1.165, 1.54) is 22.5 Å². The van der Waals surface area contributed by atoms with Gasteiger partial charge in [-0.05, 0) is 115 Å². The lowest BCUT2D eigenvalue weighted by Gasteiger charge is -2.37. The minimum absolute atomic E-state index is 0.0128. The number of amides is 2. The van der Waals surface area contributed by atoms with Gasteiger partial charge in [0.05, 0.1) is 23.6 Å². The number of carbonyl (C=O) groups is 2. The van der Waals surface area contributed by atoms with Gasteiger partial charge >= 0.3 is 0 Å². The van der Waals surface area contributed by atoms with Crippen LogP contribution in [0.25, 0.3) is 6.08 Å². The fourth-order valence-corrected chi connectivity index (χ4v) is 16.9. The Balaban J connectivity index is 0.000000151. The first kappa shape index (κ1) is 36.7. The van der Waals surface area contributed by atoms with Gasteiger partial charge in [-0.25, -0.2) is 43.0 Å². The SMILES string of the molecule is CC1(C)C2CC[C@]13CS(=O)(=O)N(C(=O)/C=C/c1ccc(F)c(F)c1)[C@@H]3C2.CC1(C)C2CC[C@]13CS(=O)(=O)N(C(=O)[C@@H]1C[C@H]1c1ccc(F)c(F)c1)[C@@H]3C2. The Morgan fingerprint density at radius 2 is 1.21 bits per heavy atom. The lowest BCUT2D eigenvalue weighted by molar-refractivity contribution is -0.130. The second kappa shape index (κ2) is 11.6. The zero-order valence-electron chi connectivity index (χ0n) is 30.1. The predicted molar refractivity (Wildman–Crippen MR) is 189 cm³/mol. The molecule has 286 valence electrons. The highest BCUT2D eigenvalue weighted by molar-refractivity contribution is 7.90. The molecule has 2 amide bonds. The first-order chi connectivity index (χ1) is 24.7. The topological polar surface area (TPSA) is 109 Å². The molecule has 2 aromatic rings. The van der Waals surface area contributed by atoms with E-state index in [4.69, 9.17) is 0 Å². The van der Waals surface area contributed by atoms with E-state index < -0.39 is 55.1 Å². The molecule has 0 aromatic heterocycles. The fraction of sp³-hybridized carbons (Fsp3) is 0.590. The van der Waals surface area contributed by atoms with Crippen molar-refractivity contribution < 1.29 is 44.0 Å². The Kier molecular flexibility index (Phi) is 8.05. The number of carbonyl (C=O) groups excluding carboxylic acids is 2. The Labute approximate surface area is 308 Å². The van der Waals surface area contributed by atoms with Crippen LogP contribution in [-0.2, 0) is 29.6 Å². The molecule has 5 aliphatic carbocycles. The van der Waals surface area contributed by atoms with Gasteiger partial charge in [-0.2, -0.15) is 0 Å². The quantitative estimate of drug-likeness (QED) is 0.250. The summed E-state index contributed by atoms with van der Waals surface area (Å²) in [6.07, 6.45) is 8.13. The molecule has 2 saturated heterocycles.